The van der Waals surface area contributed by atoms with Gasteiger partial charge < -0.3 is 9.64 Å². The number of hydrogen-bond donors (Lipinski definition) is 0. The average Bonchev–Trinajstić information content (AvgIpc) is 3.11. The van der Waals surface area contributed by atoms with Crippen LogP contribution in [-0.2, 0) is 16.1 Å². The lowest BCUT2D eigenvalue weighted by Gasteiger charge is -2.47. The van der Waals surface area contributed by atoms with Gasteiger partial charge in [0, 0.05) is 52.4 Å². The minimum Gasteiger partial charge on any atom is -0.385 e. The van der Waals surface area contributed by atoms with E-state index in [2.05, 4.69) is 32.2 Å². The first-order chi connectivity index (χ1) is 12.7. The van der Waals surface area contributed by atoms with Gasteiger partial charge in [-0.3, -0.25) is 9.69 Å². The Morgan fingerprint density at radius 3 is 3.04 bits per heavy atom. The van der Waals surface area contributed by atoms with E-state index in [1.165, 1.54) is 5.56 Å². The van der Waals surface area contributed by atoms with Crippen molar-refractivity contribution < 1.29 is 14.2 Å². The van der Waals surface area contributed by atoms with Gasteiger partial charge in [0.1, 0.15) is 11.0 Å². The van der Waals surface area contributed by atoms with E-state index in [1.807, 2.05) is 6.07 Å². The maximum absolute atomic E-state index is 12.4. The highest BCUT2D eigenvalue weighted by atomic mass is 16.6. The van der Waals surface area contributed by atoms with E-state index in [0.29, 0.717) is 30.9 Å². The molecule has 0 saturated carbocycles. The molecule has 2 unspecified atom stereocenters. The summed E-state index contributed by atoms with van der Waals surface area (Å²) in [5.74, 6) is 0.890. The van der Waals surface area contributed by atoms with Gasteiger partial charge in [-0.1, -0.05) is 6.07 Å². The average molecular weight is 358 g/mol. The van der Waals surface area contributed by atoms with E-state index in [1.54, 1.807) is 7.11 Å². The first-order valence-corrected chi connectivity index (χ1v) is 9.46. The number of benzene rings is 1. The fourth-order valence-corrected chi connectivity index (χ4v) is 4.42. The summed E-state index contributed by atoms with van der Waals surface area (Å²) < 4.78 is 9.93. The van der Waals surface area contributed by atoms with Gasteiger partial charge in [-0.05, 0) is 53.2 Å². The first-order valence-electron chi connectivity index (χ1n) is 9.46. The Morgan fingerprint density at radius 2 is 2.15 bits per heavy atom. The number of hydrogen-bond acceptors (Lipinski definition) is 6. The number of carbonyl (C=O) groups excluding carboxylic acids is 1. The number of rotatable bonds is 6. The SMILES string of the molecule is COCCCN1C(=O)CCC2CN(Cc3ccc4nonc4c3)CCC21. The van der Waals surface area contributed by atoms with Crippen molar-refractivity contribution in [3.63, 3.8) is 0 Å². The van der Waals surface area contributed by atoms with Gasteiger partial charge in [-0.25, -0.2) is 4.63 Å². The number of aromatic nitrogens is 2. The Bertz CT molecular complexity index is 762. The smallest absolute Gasteiger partial charge is 0.222 e. The van der Waals surface area contributed by atoms with Crippen molar-refractivity contribution in [2.45, 2.75) is 38.3 Å². The third kappa shape index (κ3) is 3.59. The molecule has 3 heterocycles. The molecular formula is C19H26N4O3. The molecule has 0 spiro atoms. The first kappa shape index (κ1) is 17.4. The molecular weight excluding hydrogens is 332 g/mol. The van der Waals surface area contributed by atoms with Gasteiger partial charge in [0.25, 0.3) is 0 Å². The maximum Gasteiger partial charge on any atom is 0.222 e. The van der Waals surface area contributed by atoms with Crippen molar-refractivity contribution in [1.29, 1.82) is 0 Å². The fraction of sp³-hybridized carbons (Fsp3) is 0.632. The van der Waals surface area contributed by atoms with E-state index in [0.717, 1.165) is 56.5 Å². The zero-order valence-corrected chi connectivity index (χ0v) is 15.3. The van der Waals surface area contributed by atoms with Gasteiger partial charge in [0.15, 0.2) is 0 Å². The van der Waals surface area contributed by atoms with Crippen molar-refractivity contribution in [2.24, 2.45) is 5.92 Å². The van der Waals surface area contributed by atoms with Crippen LogP contribution in [-0.4, -0.2) is 65.4 Å². The minimum atomic E-state index is 0.319. The molecule has 0 bridgehead atoms. The molecule has 0 aliphatic carbocycles. The van der Waals surface area contributed by atoms with E-state index in [9.17, 15) is 4.79 Å². The Hall–Kier alpha value is -1.99. The molecule has 2 saturated heterocycles. The molecule has 0 N–H and O–H groups in total. The van der Waals surface area contributed by atoms with Crippen LogP contribution in [0.2, 0.25) is 0 Å². The van der Waals surface area contributed by atoms with Crippen LogP contribution >= 0.6 is 0 Å². The van der Waals surface area contributed by atoms with Gasteiger partial charge in [-0.15, -0.1) is 0 Å². The number of likely N-dealkylation sites (tertiary alicyclic amines) is 2. The van der Waals surface area contributed by atoms with Gasteiger partial charge in [0.05, 0.1) is 0 Å². The lowest BCUT2D eigenvalue weighted by molar-refractivity contribution is -0.141. The molecule has 2 fully saturated rings. The van der Waals surface area contributed by atoms with Crippen LogP contribution < -0.4 is 0 Å². The molecule has 7 heteroatoms. The van der Waals surface area contributed by atoms with Crippen molar-refractivity contribution in [2.75, 3.05) is 33.4 Å². The predicted molar refractivity (Wildman–Crippen MR) is 96.4 cm³/mol. The molecule has 2 aliphatic rings. The zero-order valence-electron chi connectivity index (χ0n) is 15.3. The van der Waals surface area contributed by atoms with Crippen molar-refractivity contribution in [3.8, 4) is 0 Å². The monoisotopic (exact) mass is 358 g/mol. The number of carbonyl (C=O) groups is 1. The standard InChI is InChI=1S/C19H26N4O3/c1-25-10-2-8-23-18-7-9-22(13-15(18)4-6-19(23)24)12-14-3-5-16-17(11-14)21-26-20-16/h3,5,11,15,18H,2,4,6-10,12-13H2,1H3. The Labute approximate surface area is 153 Å². The Morgan fingerprint density at radius 1 is 1.27 bits per heavy atom. The summed E-state index contributed by atoms with van der Waals surface area (Å²) in [4.78, 5) is 17.0. The molecule has 1 amide bonds. The van der Waals surface area contributed by atoms with E-state index < -0.39 is 0 Å². The highest BCUT2D eigenvalue weighted by Crippen LogP contribution is 2.32. The zero-order chi connectivity index (χ0) is 17.9. The van der Waals surface area contributed by atoms with Crippen LogP contribution in [0.4, 0.5) is 0 Å². The Kier molecular flexibility index (Phi) is 5.17. The molecule has 2 aromatic rings. The minimum absolute atomic E-state index is 0.319. The fourth-order valence-electron chi connectivity index (χ4n) is 4.42. The number of methoxy groups -OCH3 is 1. The highest BCUT2D eigenvalue weighted by molar-refractivity contribution is 5.77. The predicted octanol–water partition coefficient (Wildman–Crippen LogP) is 2.07. The Balaban J connectivity index is 1.38. The van der Waals surface area contributed by atoms with E-state index in [4.69, 9.17) is 9.37 Å². The molecule has 140 valence electrons. The molecule has 2 atom stereocenters. The van der Waals surface area contributed by atoms with Crippen molar-refractivity contribution >= 4 is 16.9 Å². The summed E-state index contributed by atoms with van der Waals surface area (Å²) >= 11 is 0. The molecule has 1 aromatic carbocycles. The third-order valence-electron chi connectivity index (χ3n) is 5.70. The van der Waals surface area contributed by atoms with E-state index >= 15 is 0 Å². The van der Waals surface area contributed by atoms with E-state index in [-0.39, 0.29) is 0 Å². The number of nitrogens with zero attached hydrogens (tertiary/aromatic N) is 4. The lowest BCUT2D eigenvalue weighted by atomic mass is 9.83. The highest BCUT2D eigenvalue weighted by Gasteiger charge is 2.38. The van der Waals surface area contributed by atoms with Crippen LogP contribution in [0.5, 0.6) is 0 Å². The lowest BCUT2D eigenvalue weighted by Crippen LogP contribution is -2.56. The topological polar surface area (TPSA) is 71.7 Å². The number of amides is 1. The van der Waals surface area contributed by atoms with Crippen LogP contribution in [0.3, 0.4) is 0 Å². The maximum atomic E-state index is 12.4. The molecule has 7 nitrogen and oxygen atoms in total. The summed E-state index contributed by atoms with van der Waals surface area (Å²) in [5.41, 5.74) is 2.84. The summed E-state index contributed by atoms with van der Waals surface area (Å²) in [6.07, 6.45) is 3.66. The number of ether oxygens (including phenoxy) is 1. The van der Waals surface area contributed by atoms with Crippen LogP contribution in [0.25, 0.3) is 11.0 Å². The van der Waals surface area contributed by atoms with Gasteiger partial charge >= 0.3 is 0 Å². The molecule has 0 radical (unpaired) electrons. The second-order valence-corrected chi connectivity index (χ2v) is 7.41. The quantitative estimate of drug-likeness (QED) is 0.736. The van der Waals surface area contributed by atoms with Crippen LogP contribution in [0.15, 0.2) is 22.8 Å². The summed E-state index contributed by atoms with van der Waals surface area (Å²) in [6.45, 7) is 4.51. The van der Waals surface area contributed by atoms with Gasteiger partial charge in [-0.2, -0.15) is 0 Å². The second kappa shape index (κ2) is 7.72. The van der Waals surface area contributed by atoms with Gasteiger partial charge in [0.2, 0.25) is 5.91 Å². The third-order valence-corrected chi connectivity index (χ3v) is 5.70. The summed E-state index contributed by atoms with van der Waals surface area (Å²) in [6, 6.07) is 6.51. The summed E-state index contributed by atoms with van der Waals surface area (Å²) in [5, 5.41) is 7.79. The second-order valence-electron chi connectivity index (χ2n) is 7.41. The van der Waals surface area contributed by atoms with Crippen LogP contribution in [0, 0.1) is 5.92 Å². The van der Waals surface area contributed by atoms with Crippen molar-refractivity contribution in [1.82, 2.24) is 20.1 Å². The van der Waals surface area contributed by atoms with Crippen LogP contribution in [0.1, 0.15) is 31.2 Å². The van der Waals surface area contributed by atoms with Crippen molar-refractivity contribution in [3.05, 3.63) is 23.8 Å². The summed E-state index contributed by atoms with van der Waals surface area (Å²) in [7, 11) is 1.71. The number of piperidine rings is 2. The molecule has 1 aromatic heterocycles. The largest absolute Gasteiger partial charge is 0.385 e. The number of fused-ring (bicyclic) bond motifs is 2. The molecule has 26 heavy (non-hydrogen) atoms. The molecule has 2 aliphatic heterocycles. The molecule has 4 rings (SSSR count). The normalized spacial score (nSPS) is 24.2.